The summed E-state index contributed by atoms with van der Waals surface area (Å²) < 4.78 is 28.9. The third kappa shape index (κ3) is 3.23. The Kier molecular flexibility index (Phi) is 3.92. The zero-order valence-corrected chi connectivity index (χ0v) is 11.5. The van der Waals surface area contributed by atoms with E-state index in [1.54, 1.807) is 0 Å². The van der Waals surface area contributed by atoms with E-state index in [1.165, 1.54) is 0 Å². The molecule has 2 rings (SSSR count). The first-order valence-corrected chi connectivity index (χ1v) is 8.01. The maximum atomic E-state index is 11.7. The van der Waals surface area contributed by atoms with Crippen LogP contribution >= 0.6 is 0 Å². The van der Waals surface area contributed by atoms with Crippen LogP contribution in [0.4, 0.5) is 0 Å². The van der Waals surface area contributed by atoms with Crippen molar-refractivity contribution < 1.29 is 13.2 Å². The molecule has 0 spiro atoms. The van der Waals surface area contributed by atoms with Crippen molar-refractivity contribution in [2.24, 2.45) is 0 Å². The van der Waals surface area contributed by atoms with Gasteiger partial charge >= 0.3 is 0 Å². The van der Waals surface area contributed by atoms with E-state index in [1.807, 2.05) is 38.1 Å². The zero-order chi connectivity index (χ0) is 13.2. The molecule has 1 heterocycles. The Hall–Kier alpha value is -1.07. The predicted octanol–water partition coefficient (Wildman–Crippen LogP) is 1.53. The highest BCUT2D eigenvalue weighted by Gasteiger charge is 2.29. The average Bonchev–Trinajstić information content (AvgIpc) is 2.27. The maximum absolute atomic E-state index is 11.7. The highest BCUT2D eigenvalue weighted by Crippen LogP contribution is 2.23. The minimum atomic E-state index is -2.94. The van der Waals surface area contributed by atoms with E-state index in [9.17, 15) is 8.42 Å². The first kappa shape index (κ1) is 13.4. The molecule has 1 aromatic rings. The summed E-state index contributed by atoms with van der Waals surface area (Å²) in [4.78, 5) is 0. The number of benzene rings is 1. The minimum absolute atomic E-state index is 0.000295. The fraction of sp³-hybridized carbons (Fsp3) is 0.538. The van der Waals surface area contributed by atoms with Gasteiger partial charge in [0.2, 0.25) is 0 Å². The van der Waals surface area contributed by atoms with E-state index in [0.717, 1.165) is 11.3 Å². The number of hydrogen-bond donors (Lipinski definition) is 1. The van der Waals surface area contributed by atoms with Crippen molar-refractivity contribution >= 4 is 9.84 Å². The van der Waals surface area contributed by atoms with Crippen LogP contribution in [0.15, 0.2) is 24.3 Å². The van der Waals surface area contributed by atoms with Crippen molar-refractivity contribution in [3.8, 4) is 5.75 Å². The van der Waals surface area contributed by atoms with Gasteiger partial charge in [-0.15, -0.1) is 0 Å². The largest absolute Gasteiger partial charge is 0.494 e. The fourth-order valence-electron chi connectivity index (χ4n) is 2.30. The van der Waals surface area contributed by atoms with Crippen LogP contribution in [0.25, 0.3) is 0 Å². The molecule has 1 saturated heterocycles. The van der Waals surface area contributed by atoms with Gasteiger partial charge in [-0.2, -0.15) is 0 Å². The third-order valence-electron chi connectivity index (χ3n) is 3.00. The molecule has 0 bridgehead atoms. The summed E-state index contributed by atoms with van der Waals surface area (Å²) in [5.74, 6) is 1.21. The topological polar surface area (TPSA) is 55.4 Å². The molecule has 1 aliphatic heterocycles. The Balaban J connectivity index is 2.15. The number of nitrogens with one attached hydrogen (secondary N) is 1. The van der Waals surface area contributed by atoms with Crippen molar-refractivity contribution in [2.75, 3.05) is 18.1 Å². The summed E-state index contributed by atoms with van der Waals surface area (Å²) in [7, 11) is -2.94. The fourth-order valence-corrected chi connectivity index (χ4v) is 4.09. The molecule has 1 aromatic carbocycles. The lowest BCUT2D eigenvalue weighted by Crippen LogP contribution is -2.45. The highest BCUT2D eigenvalue weighted by atomic mass is 32.2. The highest BCUT2D eigenvalue weighted by molar-refractivity contribution is 7.91. The molecule has 0 aromatic heterocycles. The molecule has 2 atom stereocenters. The standard InChI is InChI=1S/C13H19NO3S/c1-3-17-12-6-4-11(5-7-12)13-9-18(15,16)8-10(2)14-13/h4-7,10,13-14H,3,8-9H2,1-2H3. The van der Waals surface area contributed by atoms with Crippen molar-refractivity contribution in [2.45, 2.75) is 25.9 Å². The molecule has 2 unspecified atom stereocenters. The first-order chi connectivity index (χ1) is 8.50. The van der Waals surface area contributed by atoms with Gasteiger partial charge < -0.3 is 10.1 Å². The van der Waals surface area contributed by atoms with E-state index in [2.05, 4.69) is 5.32 Å². The van der Waals surface area contributed by atoms with Crippen LogP contribution in [0.5, 0.6) is 5.75 Å². The van der Waals surface area contributed by atoms with Crippen molar-refractivity contribution in [3.63, 3.8) is 0 Å². The molecule has 0 aliphatic carbocycles. The summed E-state index contributed by atoms with van der Waals surface area (Å²) in [6, 6.07) is 7.50. The van der Waals surface area contributed by atoms with Gasteiger partial charge in [0.05, 0.1) is 18.1 Å². The smallest absolute Gasteiger partial charge is 0.153 e. The summed E-state index contributed by atoms with van der Waals surface area (Å²) in [6.07, 6.45) is 0. The van der Waals surface area contributed by atoms with Gasteiger partial charge in [-0.1, -0.05) is 12.1 Å². The molecule has 1 aliphatic rings. The quantitative estimate of drug-likeness (QED) is 0.904. The number of rotatable bonds is 3. The number of ether oxygens (including phenoxy) is 1. The molecule has 0 saturated carbocycles. The number of hydrogen-bond acceptors (Lipinski definition) is 4. The second kappa shape index (κ2) is 5.28. The van der Waals surface area contributed by atoms with Gasteiger partial charge in [-0.3, -0.25) is 0 Å². The van der Waals surface area contributed by atoms with Gasteiger partial charge in [0.25, 0.3) is 0 Å². The lowest BCUT2D eigenvalue weighted by molar-refractivity contribution is 0.340. The second-order valence-electron chi connectivity index (χ2n) is 4.70. The van der Waals surface area contributed by atoms with Crippen molar-refractivity contribution in [1.82, 2.24) is 5.32 Å². The van der Waals surface area contributed by atoms with Crippen molar-refractivity contribution in [1.29, 1.82) is 0 Å². The molecule has 1 fully saturated rings. The average molecular weight is 269 g/mol. The molecule has 4 nitrogen and oxygen atoms in total. The Morgan fingerprint density at radius 1 is 1.28 bits per heavy atom. The summed E-state index contributed by atoms with van der Waals surface area (Å²) in [5.41, 5.74) is 0.994. The Bertz CT molecular complexity index is 495. The van der Waals surface area contributed by atoms with Crippen LogP contribution in [-0.2, 0) is 9.84 Å². The monoisotopic (exact) mass is 269 g/mol. The maximum Gasteiger partial charge on any atom is 0.153 e. The van der Waals surface area contributed by atoms with E-state index < -0.39 is 9.84 Å². The molecular weight excluding hydrogens is 250 g/mol. The lowest BCUT2D eigenvalue weighted by Gasteiger charge is -2.29. The molecule has 0 radical (unpaired) electrons. The molecule has 0 amide bonds. The van der Waals surface area contributed by atoms with Gasteiger partial charge in [0.15, 0.2) is 9.84 Å². The van der Waals surface area contributed by atoms with Gasteiger partial charge in [-0.25, -0.2) is 8.42 Å². The third-order valence-corrected chi connectivity index (χ3v) is 4.85. The summed E-state index contributed by atoms with van der Waals surface area (Å²) in [6.45, 7) is 4.47. The van der Waals surface area contributed by atoms with E-state index in [4.69, 9.17) is 4.74 Å². The van der Waals surface area contributed by atoms with Gasteiger partial charge in [0, 0.05) is 12.1 Å². The molecule has 5 heteroatoms. The summed E-state index contributed by atoms with van der Waals surface area (Å²) in [5, 5.41) is 3.32. The lowest BCUT2D eigenvalue weighted by atomic mass is 10.1. The van der Waals surface area contributed by atoms with E-state index >= 15 is 0 Å². The molecular formula is C13H19NO3S. The summed E-state index contributed by atoms with van der Waals surface area (Å²) >= 11 is 0. The first-order valence-electron chi connectivity index (χ1n) is 6.19. The number of sulfone groups is 1. The molecule has 1 N–H and O–H groups in total. The van der Waals surface area contributed by atoms with Crippen LogP contribution in [0, 0.1) is 0 Å². The van der Waals surface area contributed by atoms with Crippen LogP contribution in [0.2, 0.25) is 0 Å². The van der Waals surface area contributed by atoms with E-state index in [0.29, 0.717) is 6.61 Å². The predicted molar refractivity (Wildman–Crippen MR) is 71.6 cm³/mol. The Labute approximate surface area is 108 Å². The van der Waals surface area contributed by atoms with Crippen LogP contribution in [0.3, 0.4) is 0 Å². The second-order valence-corrected chi connectivity index (χ2v) is 6.85. The Morgan fingerprint density at radius 3 is 2.50 bits per heavy atom. The van der Waals surface area contributed by atoms with Gasteiger partial charge in [0.1, 0.15) is 5.75 Å². The van der Waals surface area contributed by atoms with Crippen LogP contribution < -0.4 is 10.1 Å². The normalized spacial score (nSPS) is 26.8. The Morgan fingerprint density at radius 2 is 1.94 bits per heavy atom. The molecule has 100 valence electrons. The molecule has 18 heavy (non-hydrogen) atoms. The SMILES string of the molecule is CCOc1ccc(C2CS(=O)(=O)CC(C)N2)cc1. The van der Waals surface area contributed by atoms with Crippen LogP contribution in [-0.4, -0.2) is 32.6 Å². The van der Waals surface area contributed by atoms with Crippen molar-refractivity contribution in [3.05, 3.63) is 29.8 Å². The van der Waals surface area contributed by atoms with Gasteiger partial charge in [-0.05, 0) is 31.5 Å². The van der Waals surface area contributed by atoms with Crippen LogP contribution in [0.1, 0.15) is 25.5 Å². The zero-order valence-electron chi connectivity index (χ0n) is 10.7. The van der Waals surface area contributed by atoms with E-state index in [-0.39, 0.29) is 23.6 Å². The minimum Gasteiger partial charge on any atom is -0.494 e.